The van der Waals surface area contributed by atoms with Crippen LogP contribution in [0, 0.1) is 0 Å². The SMILES string of the molecule is CC(=O)CN(CCCCO)C(=O)OC(C)(C)C.CC(=O)CN(CCCCOC(=O)Cl)C(=O)OC(C)(C)C. The minimum absolute atomic E-state index is 0.00417. The zero-order valence-corrected chi connectivity index (χ0v) is 24.3. The molecule has 1 N–H and O–H groups in total. The second kappa shape index (κ2) is 18.8. The molecule has 0 saturated heterocycles. The summed E-state index contributed by atoms with van der Waals surface area (Å²) in [6.45, 7) is 14.6. The van der Waals surface area contributed by atoms with Gasteiger partial charge in [0.25, 0.3) is 0 Å². The Morgan fingerprint density at radius 3 is 1.38 bits per heavy atom. The van der Waals surface area contributed by atoms with Crippen LogP contribution in [-0.2, 0) is 23.8 Å². The fourth-order valence-electron chi connectivity index (χ4n) is 2.63. The lowest BCUT2D eigenvalue weighted by atomic mass is 10.2. The van der Waals surface area contributed by atoms with Gasteiger partial charge in [0.05, 0.1) is 19.7 Å². The van der Waals surface area contributed by atoms with Crippen molar-refractivity contribution in [2.24, 2.45) is 0 Å². The molecule has 0 unspecified atom stereocenters. The summed E-state index contributed by atoms with van der Waals surface area (Å²) < 4.78 is 15.0. The van der Waals surface area contributed by atoms with Crippen LogP contribution in [0.5, 0.6) is 0 Å². The summed E-state index contributed by atoms with van der Waals surface area (Å²) in [5.41, 5.74) is -2.03. The molecular weight excluding hydrogens is 508 g/mol. The van der Waals surface area contributed by atoms with Gasteiger partial charge in [-0.15, -0.1) is 0 Å². The van der Waals surface area contributed by atoms with E-state index in [1.54, 1.807) is 41.5 Å². The number of rotatable bonds is 13. The zero-order chi connectivity index (χ0) is 29.2. The maximum Gasteiger partial charge on any atom is 0.410 e. The summed E-state index contributed by atoms with van der Waals surface area (Å²) >= 11 is 5.02. The molecule has 0 aromatic rings. The smallest absolute Gasteiger partial charge is 0.410 e. The van der Waals surface area contributed by atoms with Crippen LogP contribution >= 0.6 is 11.6 Å². The van der Waals surface area contributed by atoms with Gasteiger partial charge in [0.15, 0.2) is 0 Å². The molecule has 0 bridgehead atoms. The van der Waals surface area contributed by atoms with Crippen LogP contribution in [0.2, 0.25) is 0 Å². The van der Waals surface area contributed by atoms with Gasteiger partial charge in [-0.2, -0.15) is 0 Å². The van der Waals surface area contributed by atoms with Gasteiger partial charge in [-0.1, -0.05) is 0 Å². The van der Waals surface area contributed by atoms with E-state index in [9.17, 15) is 24.0 Å². The number of carbonyl (C=O) groups excluding carboxylic acids is 5. The van der Waals surface area contributed by atoms with Gasteiger partial charge in [-0.3, -0.25) is 9.59 Å². The van der Waals surface area contributed by atoms with Crippen molar-refractivity contribution in [3.8, 4) is 0 Å². The van der Waals surface area contributed by atoms with E-state index < -0.39 is 28.8 Å². The van der Waals surface area contributed by atoms with Crippen molar-refractivity contribution in [3.63, 3.8) is 0 Å². The first-order chi connectivity index (χ1) is 16.9. The van der Waals surface area contributed by atoms with E-state index in [0.29, 0.717) is 38.8 Å². The van der Waals surface area contributed by atoms with E-state index in [2.05, 4.69) is 4.74 Å². The summed E-state index contributed by atoms with van der Waals surface area (Å²) in [5, 5.41) is 8.68. The van der Waals surface area contributed by atoms with Crippen molar-refractivity contribution < 1.29 is 43.3 Å². The summed E-state index contributed by atoms with van der Waals surface area (Å²) in [7, 11) is 0. The number of ketones is 2. The van der Waals surface area contributed by atoms with Gasteiger partial charge < -0.3 is 29.1 Å². The van der Waals surface area contributed by atoms with E-state index >= 15 is 0 Å². The molecular formula is C25H45ClN2O9. The Bertz CT molecular complexity index is 731. The Balaban J connectivity index is 0. The highest BCUT2D eigenvalue weighted by Gasteiger charge is 2.23. The van der Waals surface area contributed by atoms with E-state index in [-0.39, 0.29) is 37.9 Å². The van der Waals surface area contributed by atoms with Crippen LogP contribution in [0.15, 0.2) is 0 Å². The number of aliphatic hydroxyl groups is 1. The highest BCUT2D eigenvalue weighted by atomic mass is 35.5. The van der Waals surface area contributed by atoms with E-state index in [1.807, 2.05) is 0 Å². The summed E-state index contributed by atoms with van der Waals surface area (Å²) in [6.07, 6.45) is 1.39. The molecule has 12 heteroatoms. The lowest BCUT2D eigenvalue weighted by Crippen LogP contribution is -2.40. The standard InChI is InChI=1S/C13H22ClNO5.C12H23NO4/c1-10(16)9-15(12(18)20-13(2,3)4)7-5-6-8-19-11(14)17;1-10(15)9-13(7-5-6-8-14)11(16)17-12(2,3)4/h5-9H2,1-4H3;14H,5-9H2,1-4H3. The van der Waals surface area contributed by atoms with Crippen LogP contribution in [0.3, 0.4) is 0 Å². The van der Waals surface area contributed by atoms with E-state index in [4.69, 9.17) is 26.2 Å². The molecule has 0 heterocycles. The number of unbranched alkanes of at least 4 members (excludes halogenated alkanes) is 2. The molecule has 11 nitrogen and oxygen atoms in total. The van der Waals surface area contributed by atoms with Gasteiger partial charge in [-0.25, -0.2) is 14.4 Å². The maximum atomic E-state index is 11.9. The third-order valence-corrected chi connectivity index (χ3v) is 4.11. The molecule has 0 rings (SSSR count). The Labute approximate surface area is 225 Å². The zero-order valence-electron chi connectivity index (χ0n) is 23.6. The molecule has 0 aliphatic rings. The number of hydrogen-bond acceptors (Lipinski definition) is 9. The maximum absolute atomic E-state index is 11.9. The van der Waals surface area contributed by atoms with Crippen LogP contribution in [0.4, 0.5) is 14.4 Å². The fourth-order valence-corrected chi connectivity index (χ4v) is 2.71. The van der Waals surface area contributed by atoms with Crippen molar-refractivity contribution in [1.82, 2.24) is 9.80 Å². The molecule has 0 atom stereocenters. The first-order valence-corrected chi connectivity index (χ1v) is 12.6. The van der Waals surface area contributed by atoms with Crippen LogP contribution in [0.1, 0.15) is 81.1 Å². The number of carbonyl (C=O) groups is 5. The highest BCUT2D eigenvalue weighted by molar-refractivity contribution is 6.61. The van der Waals surface area contributed by atoms with Crippen molar-refractivity contribution in [2.45, 2.75) is 92.3 Å². The largest absolute Gasteiger partial charge is 0.454 e. The number of Topliss-reactive ketones (excluding diaryl/α,β-unsaturated/α-hetero) is 2. The van der Waals surface area contributed by atoms with E-state index in [1.165, 1.54) is 23.6 Å². The van der Waals surface area contributed by atoms with Crippen molar-refractivity contribution in [1.29, 1.82) is 0 Å². The van der Waals surface area contributed by atoms with Crippen LogP contribution in [0.25, 0.3) is 0 Å². The molecule has 0 fully saturated rings. The number of aliphatic hydroxyl groups excluding tert-OH is 1. The number of ether oxygens (including phenoxy) is 3. The Morgan fingerprint density at radius 2 is 1.08 bits per heavy atom. The lowest BCUT2D eigenvalue weighted by Gasteiger charge is -2.26. The molecule has 0 aromatic heterocycles. The number of amides is 2. The van der Waals surface area contributed by atoms with Gasteiger partial charge >= 0.3 is 17.6 Å². The fraction of sp³-hybridized carbons (Fsp3) is 0.800. The average molecular weight is 553 g/mol. The summed E-state index contributed by atoms with van der Waals surface area (Å²) in [5.74, 6) is -0.206. The summed E-state index contributed by atoms with van der Waals surface area (Å²) in [4.78, 5) is 59.0. The van der Waals surface area contributed by atoms with E-state index in [0.717, 1.165) is 0 Å². The number of halogens is 1. The molecule has 0 saturated carbocycles. The molecule has 0 spiro atoms. The predicted octanol–water partition coefficient (Wildman–Crippen LogP) is 4.55. The minimum atomic E-state index is -0.849. The summed E-state index contributed by atoms with van der Waals surface area (Å²) in [6, 6.07) is 0. The van der Waals surface area contributed by atoms with Crippen molar-refractivity contribution in [3.05, 3.63) is 0 Å². The monoisotopic (exact) mass is 552 g/mol. The number of nitrogens with zero attached hydrogens (tertiary/aromatic N) is 2. The topological polar surface area (TPSA) is 140 Å². The van der Waals surface area contributed by atoms with Crippen molar-refractivity contribution >= 4 is 40.8 Å². The quantitative estimate of drug-likeness (QED) is 0.198. The molecule has 37 heavy (non-hydrogen) atoms. The molecule has 2 amide bonds. The second-order valence-corrected chi connectivity index (χ2v) is 10.7. The third-order valence-electron chi connectivity index (χ3n) is 4.00. The van der Waals surface area contributed by atoms with Crippen LogP contribution < -0.4 is 0 Å². The van der Waals surface area contributed by atoms with Crippen LogP contribution in [-0.4, -0.2) is 94.7 Å². The highest BCUT2D eigenvalue weighted by Crippen LogP contribution is 2.12. The van der Waals surface area contributed by atoms with Gasteiger partial charge in [0, 0.05) is 31.3 Å². The van der Waals surface area contributed by atoms with Crippen molar-refractivity contribution in [2.75, 3.05) is 39.4 Å². The molecule has 0 radical (unpaired) electrons. The third kappa shape index (κ3) is 25.0. The number of hydrogen-bond donors (Lipinski definition) is 1. The Kier molecular flexibility index (Phi) is 18.7. The van der Waals surface area contributed by atoms with Gasteiger partial charge in [-0.05, 0) is 81.1 Å². The Morgan fingerprint density at radius 1 is 0.703 bits per heavy atom. The minimum Gasteiger partial charge on any atom is -0.454 e. The Hall–Kier alpha value is -2.40. The molecule has 216 valence electrons. The molecule has 0 aliphatic carbocycles. The second-order valence-electron chi connectivity index (χ2n) is 10.4. The average Bonchev–Trinajstić information content (AvgIpc) is 2.69. The molecule has 0 aliphatic heterocycles. The van der Waals surface area contributed by atoms with Gasteiger partial charge in [0.2, 0.25) is 0 Å². The van der Waals surface area contributed by atoms with Gasteiger partial charge in [0.1, 0.15) is 22.8 Å². The molecule has 0 aromatic carbocycles. The first kappa shape index (κ1) is 36.8. The lowest BCUT2D eigenvalue weighted by molar-refractivity contribution is -0.118. The first-order valence-electron chi connectivity index (χ1n) is 12.3. The predicted molar refractivity (Wildman–Crippen MR) is 140 cm³/mol. The normalized spacial score (nSPS) is 11.0.